The minimum Gasteiger partial charge on any atom is -0.380 e. The summed E-state index contributed by atoms with van der Waals surface area (Å²) in [4.78, 5) is 0. The van der Waals surface area contributed by atoms with Crippen LogP contribution in [-0.2, 0) is 4.74 Å². The van der Waals surface area contributed by atoms with Crippen molar-refractivity contribution in [2.45, 2.75) is 31.4 Å². The van der Waals surface area contributed by atoms with Gasteiger partial charge in [0.1, 0.15) is 0 Å². The topological polar surface area (TPSA) is 9.23 Å². The average Bonchev–Trinajstić information content (AvgIpc) is 2.50. The van der Waals surface area contributed by atoms with E-state index in [0.29, 0.717) is 5.25 Å². The molecule has 1 atom stereocenters. The standard InChI is InChI=1S/C9H16OS/c1-2-3-6-10-8-9-5-4-7-11-9/h4,7,9H,2-3,5-6,8H2,1H3. The lowest BCUT2D eigenvalue weighted by Crippen LogP contribution is -2.08. The summed E-state index contributed by atoms with van der Waals surface area (Å²) in [6, 6.07) is 0. The Morgan fingerprint density at radius 2 is 2.55 bits per heavy atom. The summed E-state index contributed by atoms with van der Waals surface area (Å²) in [6.07, 6.45) is 5.84. The van der Waals surface area contributed by atoms with E-state index in [9.17, 15) is 0 Å². The molecule has 0 saturated heterocycles. The van der Waals surface area contributed by atoms with Gasteiger partial charge in [0, 0.05) is 11.9 Å². The van der Waals surface area contributed by atoms with Gasteiger partial charge in [0.25, 0.3) is 0 Å². The number of ether oxygens (including phenoxy) is 1. The van der Waals surface area contributed by atoms with Crippen LogP contribution in [0.5, 0.6) is 0 Å². The maximum atomic E-state index is 5.50. The zero-order valence-corrected chi connectivity index (χ0v) is 7.90. The van der Waals surface area contributed by atoms with Crippen molar-refractivity contribution in [2.24, 2.45) is 0 Å². The monoisotopic (exact) mass is 172 g/mol. The van der Waals surface area contributed by atoms with E-state index >= 15 is 0 Å². The highest BCUT2D eigenvalue weighted by Crippen LogP contribution is 2.23. The summed E-state index contributed by atoms with van der Waals surface area (Å²) in [5.41, 5.74) is 0. The molecule has 2 heteroatoms. The molecule has 0 aromatic rings. The molecular formula is C9H16OS. The summed E-state index contributed by atoms with van der Waals surface area (Å²) in [6.45, 7) is 4.06. The van der Waals surface area contributed by atoms with Gasteiger partial charge in [-0.15, -0.1) is 11.8 Å². The van der Waals surface area contributed by atoms with Crippen molar-refractivity contribution in [3.05, 3.63) is 11.5 Å². The lowest BCUT2D eigenvalue weighted by Gasteiger charge is -2.08. The summed E-state index contributed by atoms with van der Waals surface area (Å²) < 4.78 is 5.50. The molecule has 1 nitrogen and oxygen atoms in total. The molecule has 0 aromatic heterocycles. The highest BCUT2D eigenvalue weighted by atomic mass is 32.2. The van der Waals surface area contributed by atoms with E-state index in [1.807, 2.05) is 11.8 Å². The molecule has 0 radical (unpaired) electrons. The summed E-state index contributed by atoms with van der Waals surface area (Å²) in [5, 5.41) is 2.88. The fraction of sp³-hybridized carbons (Fsp3) is 0.778. The first kappa shape index (κ1) is 9.14. The van der Waals surface area contributed by atoms with Gasteiger partial charge in [-0.05, 0) is 18.2 Å². The van der Waals surface area contributed by atoms with Crippen molar-refractivity contribution >= 4 is 11.8 Å². The third-order valence-corrected chi connectivity index (χ3v) is 2.78. The predicted molar refractivity (Wildman–Crippen MR) is 50.9 cm³/mol. The van der Waals surface area contributed by atoms with E-state index in [0.717, 1.165) is 13.2 Å². The number of rotatable bonds is 5. The molecule has 0 amide bonds. The maximum Gasteiger partial charge on any atom is 0.0591 e. The SMILES string of the molecule is CCCCOCC1CC=CS1. The number of hydrogen-bond donors (Lipinski definition) is 0. The first-order valence-corrected chi connectivity index (χ1v) is 5.26. The van der Waals surface area contributed by atoms with E-state index in [4.69, 9.17) is 4.74 Å². The second-order valence-electron chi connectivity index (χ2n) is 2.79. The van der Waals surface area contributed by atoms with Crippen LogP contribution in [0.3, 0.4) is 0 Å². The number of unbranched alkanes of at least 4 members (excludes halogenated alkanes) is 1. The molecule has 0 aromatic carbocycles. The van der Waals surface area contributed by atoms with Crippen LogP contribution < -0.4 is 0 Å². The van der Waals surface area contributed by atoms with Crippen LogP contribution in [0.1, 0.15) is 26.2 Å². The van der Waals surface area contributed by atoms with Gasteiger partial charge in [-0.25, -0.2) is 0 Å². The van der Waals surface area contributed by atoms with Gasteiger partial charge in [0.2, 0.25) is 0 Å². The maximum absolute atomic E-state index is 5.50. The third kappa shape index (κ3) is 3.82. The van der Waals surface area contributed by atoms with Crippen LogP contribution in [0.2, 0.25) is 0 Å². The second-order valence-corrected chi connectivity index (χ2v) is 4.01. The molecule has 0 saturated carbocycles. The minimum atomic E-state index is 0.701. The lowest BCUT2D eigenvalue weighted by atomic mass is 10.3. The summed E-state index contributed by atoms with van der Waals surface area (Å²) in [7, 11) is 0. The highest BCUT2D eigenvalue weighted by Gasteiger charge is 2.09. The summed E-state index contributed by atoms with van der Waals surface area (Å²) in [5.74, 6) is 0. The number of hydrogen-bond acceptors (Lipinski definition) is 2. The van der Waals surface area contributed by atoms with Gasteiger partial charge in [-0.2, -0.15) is 0 Å². The van der Waals surface area contributed by atoms with Crippen LogP contribution in [0.15, 0.2) is 11.5 Å². The smallest absolute Gasteiger partial charge is 0.0591 e. The first-order chi connectivity index (χ1) is 5.43. The van der Waals surface area contributed by atoms with Crippen molar-refractivity contribution in [3.8, 4) is 0 Å². The second kappa shape index (κ2) is 5.67. The predicted octanol–water partition coefficient (Wildman–Crippen LogP) is 2.82. The fourth-order valence-corrected chi connectivity index (χ4v) is 1.84. The first-order valence-electron chi connectivity index (χ1n) is 4.31. The van der Waals surface area contributed by atoms with Crippen molar-refractivity contribution in [3.63, 3.8) is 0 Å². The molecule has 0 N–H and O–H groups in total. The van der Waals surface area contributed by atoms with Gasteiger partial charge >= 0.3 is 0 Å². The Hall–Kier alpha value is 0.0500. The Kier molecular flexibility index (Phi) is 4.71. The van der Waals surface area contributed by atoms with Crippen LogP contribution in [0, 0.1) is 0 Å². The van der Waals surface area contributed by atoms with E-state index in [1.54, 1.807) is 0 Å². The molecule has 0 bridgehead atoms. The fourth-order valence-electron chi connectivity index (χ4n) is 0.998. The quantitative estimate of drug-likeness (QED) is 0.590. The Bertz CT molecular complexity index is 115. The normalized spacial score (nSPS) is 22.8. The molecule has 1 aliphatic heterocycles. The van der Waals surface area contributed by atoms with Crippen LogP contribution in [0.4, 0.5) is 0 Å². The molecule has 1 unspecified atom stereocenters. The molecule has 0 fully saturated rings. The van der Waals surface area contributed by atoms with Gasteiger partial charge in [0.15, 0.2) is 0 Å². The van der Waals surface area contributed by atoms with Gasteiger partial charge in [-0.3, -0.25) is 0 Å². The minimum absolute atomic E-state index is 0.701. The van der Waals surface area contributed by atoms with Crippen molar-refractivity contribution < 1.29 is 4.74 Å². The van der Waals surface area contributed by atoms with E-state index in [1.165, 1.54) is 19.3 Å². The molecule has 0 spiro atoms. The number of allylic oxidation sites excluding steroid dienone is 1. The van der Waals surface area contributed by atoms with Crippen LogP contribution in [-0.4, -0.2) is 18.5 Å². The Balaban J connectivity index is 1.87. The van der Waals surface area contributed by atoms with Crippen molar-refractivity contribution in [1.29, 1.82) is 0 Å². The largest absolute Gasteiger partial charge is 0.380 e. The van der Waals surface area contributed by atoms with E-state index in [2.05, 4.69) is 18.4 Å². The Morgan fingerprint density at radius 1 is 1.64 bits per heavy atom. The van der Waals surface area contributed by atoms with Crippen molar-refractivity contribution in [1.82, 2.24) is 0 Å². The van der Waals surface area contributed by atoms with Crippen LogP contribution in [0.25, 0.3) is 0 Å². The van der Waals surface area contributed by atoms with Crippen LogP contribution >= 0.6 is 11.8 Å². The number of thioether (sulfide) groups is 1. The molecule has 0 aliphatic carbocycles. The van der Waals surface area contributed by atoms with Gasteiger partial charge in [-0.1, -0.05) is 19.4 Å². The zero-order valence-electron chi connectivity index (χ0n) is 7.08. The average molecular weight is 172 g/mol. The van der Waals surface area contributed by atoms with E-state index in [-0.39, 0.29) is 0 Å². The molecule has 1 rings (SSSR count). The Morgan fingerprint density at radius 3 is 3.18 bits per heavy atom. The summed E-state index contributed by atoms with van der Waals surface area (Å²) >= 11 is 1.89. The third-order valence-electron chi connectivity index (χ3n) is 1.71. The van der Waals surface area contributed by atoms with Gasteiger partial charge < -0.3 is 4.74 Å². The van der Waals surface area contributed by atoms with E-state index < -0.39 is 0 Å². The molecule has 1 heterocycles. The lowest BCUT2D eigenvalue weighted by molar-refractivity contribution is 0.133. The van der Waals surface area contributed by atoms with Crippen molar-refractivity contribution in [2.75, 3.05) is 13.2 Å². The molecule has 64 valence electrons. The molecule has 11 heavy (non-hydrogen) atoms. The molecule has 1 aliphatic rings. The van der Waals surface area contributed by atoms with Gasteiger partial charge in [0.05, 0.1) is 6.61 Å². The Labute approximate surface area is 73.2 Å². The highest BCUT2D eigenvalue weighted by molar-refractivity contribution is 8.03. The molecular weight excluding hydrogens is 156 g/mol. The zero-order chi connectivity index (χ0) is 7.94.